The van der Waals surface area contributed by atoms with Gasteiger partial charge < -0.3 is 9.30 Å². The highest BCUT2D eigenvalue weighted by Crippen LogP contribution is 2.23. The van der Waals surface area contributed by atoms with Crippen molar-refractivity contribution < 1.29 is 14.5 Å². The van der Waals surface area contributed by atoms with Crippen LogP contribution in [0, 0.1) is 17.0 Å². The molecule has 1 amide bonds. The largest absolute Gasteiger partial charge is 0.380 e. The first-order valence-corrected chi connectivity index (χ1v) is 9.81. The van der Waals surface area contributed by atoms with Gasteiger partial charge >= 0.3 is 0 Å². The Morgan fingerprint density at radius 3 is 2.82 bits per heavy atom. The Hall–Kier alpha value is -2.55. The first kappa shape index (κ1) is 20.2. The number of hydrogen-bond donors (Lipinski definition) is 0. The van der Waals surface area contributed by atoms with Gasteiger partial charge in [-0.3, -0.25) is 14.9 Å². The van der Waals surface area contributed by atoms with E-state index in [0.29, 0.717) is 24.6 Å². The number of amides is 1. The SMILES string of the molecule is CCOCCn1c(=NC(=O)c2cc([N+](=O)[O-])ccc2Cl)sc2cc(C)ccc21. The molecule has 0 aliphatic heterocycles. The fourth-order valence-electron chi connectivity index (χ4n) is 2.72. The van der Waals surface area contributed by atoms with Crippen molar-refractivity contribution in [1.82, 2.24) is 4.57 Å². The molecule has 0 unspecified atom stereocenters. The minimum Gasteiger partial charge on any atom is -0.380 e. The van der Waals surface area contributed by atoms with E-state index in [1.165, 1.54) is 23.5 Å². The summed E-state index contributed by atoms with van der Waals surface area (Å²) in [7, 11) is 0. The molecule has 0 aliphatic rings. The summed E-state index contributed by atoms with van der Waals surface area (Å²) < 4.78 is 8.36. The zero-order chi connectivity index (χ0) is 20.3. The van der Waals surface area contributed by atoms with E-state index in [-0.39, 0.29) is 16.3 Å². The van der Waals surface area contributed by atoms with Crippen LogP contribution in [0.4, 0.5) is 5.69 Å². The summed E-state index contributed by atoms with van der Waals surface area (Å²) >= 11 is 7.46. The smallest absolute Gasteiger partial charge is 0.281 e. The molecule has 0 fully saturated rings. The second-order valence-corrected chi connectivity index (χ2v) is 7.46. The lowest BCUT2D eigenvalue weighted by Gasteiger charge is -2.06. The summed E-state index contributed by atoms with van der Waals surface area (Å²) in [6.07, 6.45) is 0. The van der Waals surface area contributed by atoms with Crippen LogP contribution in [0.3, 0.4) is 0 Å². The van der Waals surface area contributed by atoms with Crippen LogP contribution in [0.15, 0.2) is 41.4 Å². The van der Waals surface area contributed by atoms with Gasteiger partial charge in [-0.05, 0) is 37.6 Å². The Morgan fingerprint density at radius 1 is 1.32 bits per heavy atom. The molecule has 2 aromatic carbocycles. The van der Waals surface area contributed by atoms with Crippen molar-refractivity contribution in [2.24, 2.45) is 4.99 Å². The number of rotatable bonds is 6. The van der Waals surface area contributed by atoms with Crippen molar-refractivity contribution in [2.45, 2.75) is 20.4 Å². The minimum absolute atomic E-state index is 0.000798. The van der Waals surface area contributed by atoms with E-state index in [4.69, 9.17) is 16.3 Å². The number of carbonyl (C=O) groups excluding carboxylic acids is 1. The van der Waals surface area contributed by atoms with Crippen LogP contribution in [0.1, 0.15) is 22.8 Å². The number of nitro benzene ring substituents is 1. The maximum atomic E-state index is 12.7. The van der Waals surface area contributed by atoms with Crippen LogP contribution >= 0.6 is 22.9 Å². The average molecular weight is 420 g/mol. The van der Waals surface area contributed by atoms with E-state index in [2.05, 4.69) is 4.99 Å². The number of non-ortho nitro benzene ring substituents is 1. The van der Waals surface area contributed by atoms with Crippen LogP contribution in [0.5, 0.6) is 0 Å². The van der Waals surface area contributed by atoms with Crippen LogP contribution in [0.2, 0.25) is 5.02 Å². The van der Waals surface area contributed by atoms with E-state index >= 15 is 0 Å². The van der Waals surface area contributed by atoms with Crippen molar-refractivity contribution in [2.75, 3.05) is 13.2 Å². The third-order valence-electron chi connectivity index (χ3n) is 4.09. The standard InChI is InChI=1S/C19H18ClN3O4S/c1-3-27-9-8-22-16-7-4-12(2)10-17(16)28-19(22)21-18(24)14-11-13(23(25)26)5-6-15(14)20/h4-7,10-11H,3,8-9H2,1-2H3. The van der Waals surface area contributed by atoms with Crippen molar-refractivity contribution in [3.63, 3.8) is 0 Å². The number of fused-ring (bicyclic) bond motifs is 1. The highest BCUT2D eigenvalue weighted by Gasteiger charge is 2.16. The first-order chi connectivity index (χ1) is 13.4. The number of aryl methyl sites for hydroxylation is 1. The molecule has 146 valence electrons. The molecule has 3 rings (SSSR count). The molecule has 28 heavy (non-hydrogen) atoms. The Labute approximate surface area is 170 Å². The Balaban J connectivity index is 2.10. The van der Waals surface area contributed by atoms with Gasteiger partial charge in [0.15, 0.2) is 4.80 Å². The molecule has 0 saturated heterocycles. The number of aromatic nitrogens is 1. The molecule has 0 saturated carbocycles. The number of hydrogen-bond acceptors (Lipinski definition) is 5. The van der Waals surface area contributed by atoms with E-state index in [0.717, 1.165) is 21.8 Å². The number of ether oxygens (including phenoxy) is 1. The van der Waals surface area contributed by atoms with E-state index in [9.17, 15) is 14.9 Å². The van der Waals surface area contributed by atoms with Crippen molar-refractivity contribution in [3.05, 3.63) is 67.5 Å². The maximum absolute atomic E-state index is 12.7. The molecule has 0 N–H and O–H groups in total. The molecular formula is C19H18ClN3O4S. The molecule has 7 nitrogen and oxygen atoms in total. The Bertz CT molecular complexity index is 1120. The summed E-state index contributed by atoms with van der Waals surface area (Å²) in [5.74, 6) is -0.623. The predicted octanol–water partition coefficient (Wildman–Crippen LogP) is 4.35. The number of benzene rings is 2. The molecule has 0 atom stereocenters. The van der Waals surface area contributed by atoms with Gasteiger partial charge in [-0.25, -0.2) is 0 Å². The number of nitrogens with zero attached hydrogens (tertiary/aromatic N) is 3. The quantitative estimate of drug-likeness (QED) is 0.337. The lowest BCUT2D eigenvalue weighted by atomic mass is 10.2. The van der Waals surface area contributed by atoms with Crippen LogP contribution < -0.4 is 4.80 Å². The monoisotopic (exact) mass is 419 g/mol. The zero-order valence-electron chi connectivity index (χ0n) is 15.3. The summed E-state index contributed by atoms with van der Waals surface area (Å²) in [4.78, 5) is 27.9. The van der Waals surface area contributed by atoms with E-state index < -0.39 is 10.8 Å². The van der Waals surface area contributed by atoms with Crippen molar-refractivity contribution in [1.29, 1.82) is 0 Å². The minimum atomic E-state index is -0.623. The summed E-state index contributed by atoms with van der Waals surface area (Å²) in [5, 5.41) is 11.1. The average Bonchev–Trinajstić information content (AvgIpc) is 2.98. The number of thiazole rings is 1. The Kier molecular flexibility index (Phi) is 6.23. The van der Waals surface area contributed by atoms with Crippen molar-refractivity contribution in [3.8, 4) is 0 Å². The number of nitro groups is 1. The first-order valence-electron chi connectivity index (χ1n) is 8.61. The molecule has 3 aromatic rings. The molecule has 1 aromatic heterocycles. The highest BCUT2D eigenvalue weighted by atomic mass is 35.5. The molecule has 0 aliphatic carbocycles. The van der Waals surface area contributed by atoms with Gasteiger partial charge in [-0.15, -0.1) is 0 Å². The highest BCUT2D eigenvalue weighted by molar-refractivity contribution is 7.16. The van der Waals surface area contributed by atoms with E-state index in [1.807, 2.05) is 36.6 Å². The van der Waals surface area contributed by atoms with Crippen molar-refractivity contribution >= 4 is 44.7 Å². The number of halogens is 1. The molecule has 0 bridgehead atoms. The van der Waals surface area contributed by atoms with Gasteiger partial charge in [0.2, 0.25) is 0 Å². The normalized spacial score (nSPS) is 11.9. The molecule has 1 heterocycles. The predicted molar refractivity (Wildman–Crippen MR) is 109 cm³/mol. The van der Waals surface area contributed by atoms with Gasteiger partial charge in [0.25, 0.3) is 11.6 Å². The second-order valence-electron chi connectivity index (χ2n) is 6.04. The van der Waals surface area contributed by atoms with Crippen LogP contribution in [-0.4, -0.2) is 28.6 Å². The van der Waals surface area contributed by atoms with E-state index in [1.54, 1.807) is 0 Å². The lowest BCUT2D eigenvalue weighted by molar-refractivity contribution is -0.384. The molecular weight excluding hydrogens is 402 g/mol. The Morgan fingerprint density at radius 2 is 2.11 bits per heavy atom. The third-order valence-corrected chi connectivity index (χ3v) is 5.46. The second kappa shape index (κ2) is 8.64. The van der Waals surface area contributed by atoms with Gasteiger partial charge in [0.1, 0.15) is 0 Å². The summed E-state index contributed by atoms with van der Waals surface area (Å²) in [6, 6.07) is 9.74. The van der Waals surface area contributed by atoms with Gasteiger partial charge in [0, 0.05) is 25.3 Å². The molecule has 0 radical (unpaired) electrons. The third kappa shape index (κ3) is 4.30. The lowest BCUT2D eigenvalue weighted by Crippen LogP contribution is -2.19. The van der Waals surface area contributed by atoms with Gasteiger partial charge in [0.05, 0.1) is 32.3 Å². The van der Waals surface area contributed by atoms with Gasteiger partial charge in [-0.2, -0.15) is 4.99 Å². The zero-order valence-corrected chi connectivity index (χ0v) is 16.9. The topological polar surface area (TPSA) is 86.7 Å². The summed E-state index contributed by atoms with van der Waals surface area (Å²) in [6.45, 7) is 5.52. The summed E-state index contributed by atoms with van der Waals surface area (Å²) in [5.41, 5.74) is 1.84. The number of carbonyl (C=O) groups is 1. The maximum Gasteiger partial charge on any atom is 0.281 e. The van der Waals surface area contributed by atoms with Crippen LogP contribution in [-0.2, 0) is 11.3 Å². The fraction of sp³-hybridized carbons (Fsp3) is 0.263. The molecule has 9 heteroatoms. The van der Waals surface area contributed by atoms with Crippen LogP contribution in [0.25, 0.3) is 10.2 Å². The fourth-order valence-corrected chi connectivity index (χ4v) is 4.07. The van der Waals surface area contributed by atoms with Gasteiger partial charge in [-0.1, -0.05) is 29.0 Å². The molecule has 0 spiro atoms.